The Kier molecular flexibility index (Phi) is 9.55. The first-order valence-corrected chi connectivity index (χ1v) is 7.02. The molecule has 0 amide bonds. The fourth-order valence-corrected chi connectivity index (χ4v) is 2.32. The zero-order chi connectivity index (χ0) is 11.9. The summed E-state index contributed by atoms with van der Waals surface area (Å²) in [5.41, 5.74) is 0. The molecule has 17 heavy (non-hydrogen) atoms. The molecule has 0 spiro atoms. The zero-order valence-electron chi connectivity index (χ0n) is 10.3. The minimum Gasteiger partial charge on any atom is -0.266 e. The van der Waals surface area contributed by atoms with Crippen LogP contribution in [-0.2, 0) is 14.3 Å². The second-order valence-corrected chi connectivity index (χ2v) is 5.27. The third-order valence-electron chi connectivity index (χ3n) is 2.27. The Morgan fingerprint density at radius 2 is 1.71 bits per heavy atom. The molecule has 0 fully saturated rings. The summed E-state index contributed by atoms with van der Waals surface area (Å²) in [6.45, 7) is 2.39. The molecular formula is C12H18CaO3S. The van der Waals surface area contributed by atoms with Crippen LogP contribution < -0.4 is 0 Å². The normalized spacial score (nSPS) is 10.9. The van der Waals surface area contributed by atoms with E-state index >= 15 is 0 Å². The molecule has 0 unspecified atom stereocenters. The summed E-state index contributed by atoms with van der Waals surface area (Å²) < 4.78 is 28.2. The minimum atomic E-state index is -3.55. The van der Waals surface area contributed by atoms with Crippen molar-refractivity contribution in [2.24, 2.45) is 0 Å². The summed E-state index contributed by atoms with van der Waals surface area (Å²) in [5, 5.41) is 0. The van der Waals surface area contributed by atoms with Gasteiger partial charge in [-0.3, -0.25) is 4.18 Å². The van der Waals surface area contributed by atoms with Crippen LogP contribution in [0, 0.1) is 0 Å². The van der Waals surface area contributed by atoms with Gasteiger partial charge >= 0.3 is 0 Å². The predicted molar refractivity (Wildman–Crippen MR) is 69.5 cm³/mol. The Labute approximate surface area is 134 Å². The quantitative estimate of drug-likeness (QED) is 0.438. The van der Waals surface area contributed by atoms with Gasteiger partial charge in [-0.15, -0.1) is 0 Å². The Bertz CT molecular complexity index is 389. The number of rotatable bonds is 7. The van der Waals surface area contributed by atoms with Crippen LogP contribution in [0.15, 0.2) is 35.2 Å². The Morgan fingerprint density at radius 3 is 2.29 bits per heavy atom. The van der Waals surface area contributed by atoms with Crippen LogP contribution in [0.1, 0.15) is 32.6 Å². The first kappa shape index (κ1) is 17.4. The van der Waals surface area contributed by atoms with E-state index in [4.69, 9.17) is 4.18 Å². The standard InChI is InChI=1S/C12H18O3S.Ca/c1-2-3-4-8-11-15-16(13,14)12-9-6-5-7-10-12;/h5-7,9-10H,2-4,8,11H2,1H3;. The molecule has 0 heterocycles. The molecule has 0 saturated carbocycles. The SMILES string of the molecule is CCCCCCOS(=O)(=O)c1ccccc1.[Ca]. The molecular weight excluding hydrogens is 264 g/mol. The van der Waals surface area contributed by atoms with Gasteiger partial charge in [0.05, 0.1) is 11.5 Å². The molecule has 2 radical (unpaired) electrons. The van der Waals surface area contributed by atoms with Gasteiger partial charge in [0.25, 0.3) is 10.1 Å². The Morgan fingerprint density at radius 1 is 1.06 bits per heavy atom. The van der Waals surface area contributed by atoms with Crippen molar-refractivity contribution in [2.75, 3.05) is 6.61 Å². The third kappa shape index (κ3) is 6.77. The molecule has 0 aliphatic rings. The molecule has 0 aliphatic carbocycles. The van der Waals surface area contributed by atoms with E-state index in [2.05, 4.69) is 6.92 Å². The molecule has 0 saturated heterocycles. The van der Waals surface area contributed by atoms with Gasteiger partial charge in [0, 0.05) is 37.7 Å². The molecule has 0 atom stereocenters. The van der Waals surface area contributed by atoms with Gasteiger partial charge in [-0.25, -0.2) is 0 Å². The zero-order valence-corrected chi connectivity index (χ0v) is 13.3. The molecule has 1 aromatic carbocycles. The van der Waals surface area contributed by atoms with Crippen molar-refractivity contribution in [2.45, 2.75) is 37.5 Å². The van der Waals surface area contributed by atoms with E-state index in [0.29, 0.717) is 0 Å². The molecule has 0 aliphatic heterocycles. The van der Waals surface area contributed by atoms with E-state index in [1.807, 2.05) is 0 Å². The van der Waals surface area contributed by atoms with Gasteiger partial charge in [-0.1, -0.05) is 44.4 Å². The van der Waals surface area contributed by atoms with E-state index in [1.165, 1.54) is 0 Å². The van der Waals surface area contributed by atoms with E-state index in [9.17, 15) is 8.42 Å². The summed E-state index contributed by atoms with van der Waals surface area (Å²) >= 11 is 0. The molecule has 1 aromatic rings. The Hall–Kier alpha value is 0.390. The molecule has 5 heteroatoms. The van der Waals surface area contributed by atoms with Crippen LogP contribution in [0.4, 0.5) is 0 Å². The summed E-state index contributed by atoms with van der Waals surface area (Å²) in [7, 11) is -3.55. The van der Waals surface area contributed by atoms with Crippen molar-refractivity contribution < 1.29 is 12.6 Å². The Balaban J connectivity index is 0.00000256. The molecule has 0 N–H and O–H groups in total. The van der Waals surface area contributed by atoms with Crippen molar-refractivity contribution in [3.8, 4) is 0 Å². The maximum atomic E-state index is 11.6. The van der Waals surface area contributed by atoms with Crippen molar-refractivity contribution in [1.82, 2.24) is 0 Å². The monoisotopic (exact) mass is 282 g/mol. The fraction of sp³-hybridized carbons (Fsp3) is 0.500. The van der Waals surface area contributed by atoms with E-state index in [-0.39, 0.29) is 49.2 Å². The molecule has 0 aromatic heterocycles. The average Bonchev–Trinajstić information content (AvgIpc) is 2.30. The van der Waals surface area contributed by atoms with Gasteiger partial charge < -0.3 is 0 Å². The average molecular weight is 282 g/mol. The van der Waals surface area contributed by atoms with E-state index < -0.39 is 10.1 Å². The van der Waals surface area contributed by atoms with Gasteiger partial charge in [0.1, 0.15) is 0 Å². The second-order valence-electron chi connectivity index (χ2n) is 3.65. The minimum absolute atomic E-state index is 0. The van der Waals surface area contributed by atoms with Crippen LogP contribution in [0.5, 0.6) is 0 Å². The first-order valence-electron chi connectivity index (χ1n) is 5.61. The van der Waals surface area contributed by atoms with Crippen molar-refractivity contribution in [3.63, 3.8) is 0 Å². The first-order chi connectivity index (χ1) is 7.67. The topological polar surface area (TPSA) is 43.4 Å². The maximum absolute atomic E-state index is 11.6. The van der Waals surface area contributed by atoms with Crippen LogP contribution in [0.2, 0.25) is 0 Å². The number of unbranched alkanes of at least 4 members (excludes halogenated alkanes) is 3. The van der Waals surface area contributed by atoms with Crippen LogP contribution in [-0.4, -0.2) is 52.8 Å². The summed E-state index contributed by atoms with van der Waals surface area (Å²) in [5.74, 6) is 0. The van der Waals surface area contributed by atoms with Crippen LogP contribution in [0.3, 0.4) is 0 Å². The van der Waals surface area contributed by atoms with Crippen LogP contribution in [0.25, 0.3) is 0 Å². The molecule has 92 valence electrons. The van der Waals surface area contributed by atoms with Crippen molar-refractivity contribution >= 4 is 47.9 Å². The largest absolute Gasteiger partial charge is 0.296 e. The number of hydrogen-bond donors (Lipinski definition) is 0. The smallest absolute Gasteiger partial charge is 0.266 e. The van der Waals surface area contributed by atoms with E-state index in [0.717, 1.165) is 25.7 Å². The van der Waals surface area contributed by atoms with E-state index in [1.54, 1.807) is 30.3 Å². The fourth-order valence-electron chi connectivity index (χ4n) is 1.35. The van der Waals surface area contributed by atoms with Gasteiger partial charge in [0.2, 0.25) is 0 Å². The second kappa shape index (κ2) is 9.34. The van der Waals surface area contributed by atoms with Crippen molar-refractivity contribution in [3.05, 3.63) is 30.3 Å². The van der Waals surface area contributed by atoms with Gasteiger partial charge in [-0.2, -0.15) is 8.42 Å². The van der Waals surface area contributed by atoms with Gasteiger partial charge in [0.15, 0.2) is 0 Å². The third-order valence-corrected chi connectivity index (χ3v) is 3.59. The maximum Gasteiger partial charge on any atom is 0.296 e. The van der Waals surface area contributed by atoms with Crippen LogP contribution >= 0.6 is 0 Å². The molecule has 0 bridgehead atoms. The number of hydrogen-bond acceptors (Lipinski definition) is 3. The molecule has 1 rings (SSSR count). The predicted octanol–water partition coefficient (Wildman–Crippen LogP) is 2.59. The van der Waals surface area contributed by atoms with Crippen molar-refractivity contribution in [1.29, 1.82) is 0 Å². The summed E-state index contributed by atoms with van der Waals surface area (Å²) in [6.07, 6.45) is 4.06. The molecule has 3 nitrogen and oxygen atoms in total. The van der Waals surface area contributed by atoms with Gasteiger partial charge in [-0.05, 0) is 18.6 Å². The summed E-state index contributed by atoms with van der Waals surface area (Å²) in [4.78, 5) is 0.227. The number of benzene rings is 1. The summed E-state index contributed by atoms with van der Waals surface area (Å²) in [6, 6.07) is 8.24.